The number of aryl methyl sites for hydroxylation is 1. The van der Waals surface area contributed by atoms with E-state index in [-0.39, 0.29) is 6.04 Å². The van der Waals surface area contributed by atoms with Crippen LogP contribution in [0.2, 0.25) is 0 Å². The van der Waals surface area contributed by atoms with E-state index in [0.717, 1.165) is 36.0 Å². The molecule has 0 amide bonds. The van der Waals surface area contributed by atoms with Crippen molar-refractivity contribution in [3.05, 3.63) is 59.9 Å². The molecule has 2 aromatic carbocycles. The van der Waals surface area contributed by atoms with Crippen LogP contribution < -0.4 is 10.6 Å². The predicted octanol–water partition coefficient (Wildman–Crippen LogP) is 3.41. The molecule has 8 heteroatoms. The third kappa shape index (κ3) is 4.09. The minimum absolute atomic E-state index is 0.229. The molecule has 1 fully saturated rings. The Balaban J connectivity index is 1.39. The van der Waals surface area contributed by atoms with E-state index in [4.69, 9.17) is 5.73 Å². The molecule has 1 saturated heterocycles. The van der Waals surface area contributed by atoms with Gasteiger partial charge in [-0.3, -0.25) is 4.90 Å². The van der Waals surface area contributed by atoms with Crippen molar-refractivity contribution in [3.8, 4) is 0 Å². The lowest BCUT2D eigenvalue weighted by atomic mass is 10.1. The summed E-state index contributed by atoms with van der Waals surface area (Å²) < 4.78 is 40.9. The van der Waals surface area contributed by atoms with Crippen LogP contribution in [0.5, 0.6) is 0 Å². The molecule has 0 aliphatic carbocycles. The topological polar surface area (TPSA) is 50.3 Å². The summed E-state index contributed by atoms with van der Waals surface area (Å²) in [7, 11) is 1.97. The second-order valence-corrected chi connectivity index (χ2v) is 7.46. The number of fused-ring (bicyclic) bond motifs is 1. The summed E-state index contributed by atoms with van der Waals surface area (Å²) in [6.45, 7) is 3.47. The van der Waals surface area contributed by atoms with E-state index in [1.807, 2.05) is 40.8 Å². The SMILES string of the molecule is Cn1c(C(N)CN2CCN(c3cccc(C(F)(F)F)c3)CC2)nc2ccccc21. The molecule has 4 rings (SSSR count). The van der Waals surface area contributed by atoms with Gasteiger partial charge >= 0.3 is 6.18 Å². The van der Waals surface area contributed by atoms with Crippen molar-refractivity contribution >= 4 is 16.7 Å². The van der Waals surface area contributed by atoms with Crippen LogP contribution in [0.1, 0.15) is 17.4 Å². The van der Waals surface area contributed by atoms with Crippen LogP contribution in [-0.2, 0) is 13.2 Å². The van der Waals surface area contributed by atoms with E-state index in [0.29, 0.717) is 25.3 Å². The van der Waals surface area contributed by atoms with Gasteiger partial charge < -0.3 is 15.2 Å². The number of anilines is 1. The predicted molar refractivity (Wildman–Crippen MR) is 108 cm³/mol. The summed E-state index contributed by atoms with van der Waals surface area (Å²) in [6, 6.07) is 13.2. The number of aromatic nitrogens is 2. The summed E-state index contributed by atoms with van der Waals surface area (Å²) in [5.74, 6) is 0.839. The first-order valence-electron chi connectivity index (χ1n) is 9.64. The van der Waals surface area contributed by atoms with Gasteiger partial charge in [0.2, 0.25) is 0 Å². The lowest BCUT2D eigenvalue weighted by Gasteiger charge is -2.37. The van der Waals surface area contributed by atoms with E-state index in [1.54, 1.807) is 6.07 Å². The fourth-order valence-electron chi connectivity index (χ4n) is 3.92. The molecular formula is C21H24F3N5. The summed E-state index contributed by atoms with van der Waals surface area (Å²) in [6.07, 6.45) is -4.32. The number of rotatable bonds is 4. The molecule has 1 aliphatic heterocycles. The Morgan fingerprint density at radius 2 is 1.76 bits per heavy atom. The van der Waals surface area contributed by atoms with Crippen LogP contribution in [0.15, 0.2) is 48.5 Å². The minimum atomic E-state index is -4.32. The molecule has 0 radical (unpaired) electrons. The molecule has 154 valence electrons. The van der Waals surface area contributed by atoms with Gasteiger partial charge in [-0.2, -0.15) is 13.2 Å². The van der Waals surface area contributed by atoms with Gasteiger partial charge in [0.05, 0.1) is 22.6 Å². The van der Waals surface area contributed by atoms with Crippen molar-refractivity contribution in [2.45, 2.75) is 12.2 Å². The highest BCUT2D eigenvalue weighted by Gasteiger charge is 2.31. The number of nitrogens with two attached hydrogens (primary N) is 1. The van der Waals surface area contributed by atoms with Crippen LogP contribution in [-0.4, -0.2) is 47.2 Å². The monoisotopic (exact) mass is 403 g/mol. The van der Waals surface area contributed by atoms with E-state index < -0.39 is 11.7 Å². The van der Waals surface area contributed by atoms with Crippen molar-refractivity contribution < 1.29 is 13.2 Å². The van der Waals surface area contributed by atoms with Crippen molar-refractivity contribution in [2.24, 2.45) is 12.8 Å². The fraction of sp³-hybridized carbons (Fsp3) is 0.381. The van der Waals surface area contributed by atoms with Gasteiger partial charge in [-0.25, -0.2) is 4.98 Å². The van der Waals surface area contributed by atoms with Crippen LogP contribution in [0, 0.1) is 0 Å². The van der Waals surface area contributed by atoms with Gasteiger partial charge in [0.15, 0.2) is 0 Å². The summed E-state index contributed by atoms with van der Waals surface area (Å²) in [5, 5.41) is 0. The van der Waals surface area contributed by atoms with Crippen LogP contribution in [0.25, 0.3) is 11.0 Å². The Labute approximate surface area is 167 Å². The third-order valence-electron chi connectivity index (χ3n) is 5.52. The molecule has 1 aliphatic rings. The molecule has 1 unspecified atom stereocenters. The van der Waals surface area contributed by atoms with E-state index >= 15 is 0 Å². The average Bonchev–Trinajstić information content (AvgIpc) is 3.05. The molecule has 0 saturated carbocycles. The zero-order chi connectivity index (χ0) is 20.6. The van der Waals surface area contributed by atoms with Gasteiger partial charge in [0.25, 0.3) is 0 Å². The van der Waals surface area contributed by atoms with Gasteiger partial charge in [-0.1, -0.05) is 18.2 Å². The van der Waals surface area contributed by atoms with Crippen molar-refractivity contribution in [3.63, 3.8) is 0 Å². The molecule has 3 aromatic rings. The summed E-state index contributed by atoms with van der Waals surface area (Å²) >= 11 is 0. The Morgan fingerprint density at radius 1 is 1.03 bits per heavy atom. The molecule has 2 heterocycles. The standard InChI is InChI=1S/C21H24F3N5/c1-27-19-8-3-2-7-18(19)26-20(27)17(25)14-28-9-11-29(12-10-28)16-6-4-5-15(13-16)21(22,23)24/h2-8,13,17H,9-12,14,25H2,1H3. The second-order valence-electron chi connectivity index (χ2n) is 7.46. The molecule has 0 bridgehead atoms. The Bertz CT molecular complexity index is 989. The number of para-hydroxylation sites is 2. The van der Waals surface area contributed by atoms with Crippen LogP contribution >= 0.6 is 0 Å². The molecule has 2 N–H and O–H groups in total. The number of benzene rings is 2. The van der Waals surface area contributed by atoms with Crippen molar-refractivity contribution in [1.82, 2.24) is 14.5 Å². The fourth-order valence-corrected chi connectivity index (χ4v) is 3.92. The van der Waals surface area contributed by atoms with Crippen molar-refractivity contribution in [2.75, 3.05) is 37.6 Å². The smallest absolute Gasteiger partial charge is 0.369 e. The normalized spacial score (nSPS) is 17.1. The molecule has 0 spiro atoms. The first-order valence-corrected chi connectivity index (χ1v) is 9.64. The highest BCUT2D eigenvalue weighted by Crippen LogP contribution is 2.32. The van der Waals surface area contributed by atoms with Gasteiger partial charge in [0, 0.05) is 45.5 Å². The quantitative estimate of drug-likeness (QED) is 0.725. The lowest BCUT2D eigenvalue weighted by molar-refractivity contribution is -0.137. The van der Waals surface area contributed by atoms with Gasteiger partial charge in [0.1, 0.15) is 5.82 Å². The van der Waals surface area contributed by atoms with Crippen molar-refractivity contribution in [1.29, 1.82) is 0 Å². The van der Waals surface area contributed by atoms with Crippen LogP contribution in [0.3, 0.4) is 0 Å². The molecule has 29 heavy (non-hydrogen) atoms. The zero-order valence-electron chi connectivity index (χ0n) is 16.2. The summed E-state index contributed by atoms with van der Waals surface area (Å²) in [5.41, 5.74) is 8.42. The number of piperazine rings is 1. The number of hydrogen-bond acceptors (Lipinski definition) is 4. The average molecular weight is 403 g/mol. The second kappa shape index (κ2) is 7.68. The number of nitrogens with zero attached hydrogens (tertiary/aromatic N) is 4. The first kappa shape index (κ1) is 19.7. The van der Waals surface area contributed by atoms with Crippen LogP contribution in [0.4, 0.5) is 18.9 Å². The number of halogens is 3. The Morgan fingerprint density at radius 3 is 2.45 bits per heavy atom. The van der Waals surface area contributed by atoms with E-state index in [2.05, 4.69) is 9.88 Å². The van der Waals surface area contributed by atoms with Gasteiger partial charge in [-0.15, -0.1) is 0 Å². The maximum Gasteiger partial charge on any atom is 0.416 e. The van der Waals surface area contributed by atoms with E-state index in [1.165, 1.54) is 12.1 Å². The number of hydrogen-bond donors (Lipinski definition) is 1. The third-order valence-corrected chi connectivity index (χ3v) is 5.52. The molecule has 1 atom stereocenters. The Hall–Kier alpha value is -2.58. The molecule has 5 nitrogen and oxygen atoms in total. The molecular weight excluding hydrogens is 379 g/mol. The summed E-state index contributed by atoms with van der Waals surface area (Å²) in [4.78, 5) is 8.90. The zero-order valence-corrected chi connectivity index (χ0v) is 16.2. The highest BCUT2D eigenvalue weighted by molar-refractivity contribution is 5.75. The minimum Gasteiger partial charge on any atom is -0.369 e. The number of alkyl halides is 3. The number of imidazole rings is 1. The van der Waals surface area contributed by atoms with E-state index in [9.17, 15) is 13.2 Å². The lowest BCUT2D eigenvalue weighted by Crippen LogP contribution is -2.48. The first-order chi connectivity index (χ1) is 13.8. The maximum atomic E-state index is 13.0. The maximum absolute atomic E-state index is 13.0. The Kier molecular flexibility index (Phi) is 5.23. The highest BCUT2D eigenvalue weighted by atomic mass is 19.4. The van der Waals surface area contributed by atoms with Gasteiger partial charge in [-0.05, 0) is 30.3 Å². The largest absolute Gasteiger partial charge is 0.416 e. The molecule has 1 aromatic heterocycles.